The molecule has 0 amide bonds. The Bertz CT molecular complexity index is 806. The summed E-state index contributed by atoms with van der Waals surface area (Å²) in [4.78, 5) is 20.6. The van der Waals surface area contributed by atoms with Gasteiger partial charge in [0.1, 0.15) is 5.69 Å². The van der Waals surface area contributed by atoms with Crippen molar-refractivity contribution >= 4 is 16.9 Å². The number of hydrogen-bond acceptors (Lipinski definition) is 4. The van der Waals surface area contributed by atoms with Crippen LogP contribution in [0.25, 0.3) is 10.9 Å². The van der Waals surface area contributed by atoms with E-state index < -0.39 is 0 Å². The Morgan fingerprint density at radius 2 is 2.05 bits per heavy atom. The van der Waals surface area contributed by atoms with Crippen molar-refractivity contribution in [3.8, 4) is 0 Å². The molecule has 0 atom stereocenters. The molecule has 0 aliphatic rings. The molecule has 0 bridgehead atoms. The van der Waals surface area contributed by atoms with Crippen LogP contribution in [-0.2, 0) is 18.2 Å². The highest BCUT2D eigenvalue weighted by atomic mass is 16.5. The fraction of sp³-hybridized carbons (Fsp3) is 0.235. The normalized spacial score (nSPS) is 10.8. The third kappa shape index (κ3) is 2.83. The Morgan fingerprint density at radius 3 is 2.77 bits per heavy atom. The van der Waals surface area contributed by atoms with Crippen molar-refractivity contribution in [2.45, 2.75) is 13.3 Å². The van der Waals surface area contributed by atoms with Gasteiger partial charge in [0.2, 0.25) is 0 Å². The largest absolute Gasteiger partial charge is 0.461 e. The van der Waals surface area contributed by atoms with Gasteiger partial charge in [-0.05, 0) is 19.1 Å². The van der Waals surface area contributed by atoms with Crippen molar-refractivity contribution < 1.29 is 9.53 Å². The molecule has 0 aliphatic heterocycles. The molecule has 3 aromatic rings. The van der Waals surface area contributed by atoms with Crippen LogP contribution in [0.2, 0.25) is 0 Å². The summed E-state index contributed by atoms with van der Waals surface area (Å²) in [6.07, 6.45) is 3.98. The number of fused-ring (bicyclic) bond motifs is 1. The summed E-state index contributed by atoms with van der Waals surface area (Å²) in [6, 6.07) is 9.71. The molecule has 3 rings (SSSR count). The maximum Gasteiger partial charge on any atom is 0.354 e. The molecular formula is C17H17N3O2. The summed E-state index contributed by atoms with van der Waals surface area (Å²) < 4.78 is 7.20. The Kier molecular flexibility index (Phi) is 3.87. The number of aromatic nitrogens is 3. The van der Waals surface area contributed by atoms with Gasteiger partial charge in [-0.15, -0.1) is 0 Å². The second-order valence-corrected chi connectivity index (χ2v) is 5.18. The lowest BCUT2D eigenvalue weighted by Crippen LogP contribution is -2.12. The van der Waals surface area contributed by atoms with E-state index in [-0.39, 0.29) is 12.6 Å². The molecule has 0 saturated heterocycles. The summed E-state index contributed by atoms with van der Waals surface area (Å²) in [7, 11) is 1.87. The van der Waals surface area contributed by atoms with E-state index in [0.29, 0.717) is 12.1 Å². The van der Waals surface area contributed by atoms with Gasteiger partial charge in [-0.2, -0.15) is 0 Å². The molecular weight excluding hydrogens is 278 g/mol. The fourth-order valence-electron chi connectivity index (χ4n) is 2.36. The van der Waals surface area contributed by atoms with E-state index in [4.69, 9.17) is 4.74 Å². The first-order valence-corrected chi connectivity index (χ1v) is 7.14. The Labute approximate surface area is 128 Å². The van der Waals surface area contributed by atoms with Gasteiger partial charge in [-0.3, -0.25) is 9.97 Å². The average Bonchev–Trinajstić information content (AvgIpc) is 2.87. The van der Waals surface area contributed by atoms with Crippen LogP contribution in [0.15, 0.2) is 42.7 Å². The zero-order valence-electron chi connectivity index (χ0n) is 12.6. The number of benzene rings is 1. The van der Waals surface area contributed by atoms with Gasteiger partial charge in [-0.1, -0.05) is 18.2 Å². The molecule has 0 N–H and O–H groups in total. The van der Waals surface area contributed by atoms with Crippen LogP contribution in [0.5, 0.6) is 0 Å². The molecule has 22 heavy (non-hydrogen) atoms. The molecule has 2 heterocycles. The maximum atomic E-state index is 12.2. The molecule has 112 valence electrons. The smallest absolute Gasteiger partial charge is 0.354 e. The molecule has 1 aromatic carbocycles. The monoisotopic (exact) mass is 295 g/mol. The van der Waals surface area contributed by atoms with Gasteiger partial charge in [-0.25, -0.2) is 4.79 Å². The lowest BCUT2D eigenvalue weighted by Gasteiger charge is -2.06. The first kappa shape index (κ1) is 14.3. The van der Waals surface area contributed by atoms with Crippen LogP contribution in [-0.4, -0.2) is 27.1 Å². The van der Waals surface area contributed by atoms with Crippen molar-refractivity contribution in [3.05, 3.63) is 59.8 Å². The van der Waals surface area contributed by atoms with Crippen molar-refractivity contribution in [1.29, 1.82) is 0 Å². The van der Waals surface area contributed by atoms with E-state index in [1.165, 1.54) is 0 Å². The molecule has 5 nitrogen and oxygen atoms in total. The van der Waals surface area contributed by atoms with Gasteiger partial charge >= 0.3 is 5.97 Å². The number of carbonyl (C=O) groups excluding carboxylic acids is 1. The number of rotatable bonds is 4. The minimum atomic E-state index is -0.321. The fourth-order valence-corrected chi connectivity index (χ4v) is 2.36. The van der Waals surface area contributed by atoms with Gasteiger partial charge < -0.3 is 9.30 Å². The van der Waals surface area contributed by atoms with Crippen molar-refractivity contribution in [2.24, 2.45) is 7.05 Å². The first-order valence-electron chi connectivity index (χ1n) is 7.14. The predicted octanol–water partition coefficient (Wildman–Crippen LogP) is 2.68. The van der Waals surface area contributed by atoms with Crippen molar-refractivity contribution in [2.75, 3.05) is 6.61 Å². The van der Waals surface area contributed by atoms with E-state index >= 15 is 0 Å². The molecule has 0 spiro atoms. The number of aryl methyl sites for hydroxylation is 2. The molecule has 0 radical (unpaired) electrons. The number of para-hydroxylation sites is 1. The first-order chi connectivity index (χ1) is 10.6. The molecule has 0 saturated carbocycles. The van der Waals surface area contributed by atoms with Crippen LogP contribution < -0.4 is 0 Å². The van der Waals surface area contributed by atoms with Crippen LogP contribution >= 0.6 is 0 Å². The highest BCUT2D eigenvalue weighted by molar-refractivity contribution is 5.95. The molecule has 0 fully saturated rings. The molecule has 0 unspecified atom stereocenters. The van der Waals surface area contributed by atoms with Gasteiger partial charge in [0, 0.05) is 36.8 Å². The topological polar surface area (TPSA) is 57.0 Å². The number of carbonyl (C=O) groups is 1. The van der Waals surface area contributed by atoms with E-state index in [1.807, 2.05) is 48.9 Å². The molecule has 5 heteroatoms. The Hall–Kier alpha value is -2.69. The van der Waals surface area contributed by atoms with Crippen LogP contribution in [0.3, 0.4) is 0 Å². The highest BCUT2D eigenvalue weighted by Gasteiger charge is 2.14. The van der Waals surface area contributed by atoms with E-state index in [1.54, 1.807) is 12.4 Å². The summed E-state index contributed by atoms with van der Waals surface area (Å²) in [6.45, 7) is 2.18. The zero-order valence-corrected chi connectivity index (χ0v) is 12.6. The highest BCUT2D eigenvalue weighted by Crippen LogP contribution is 2.18. The van der Waals surface area contributed by atoms with E-state index in [0.717, 1.165) is 22.3 Å². The summed E-state index contributed by atoms with van der Waals surface area (Å²) in [5, 5.41) is 1.03. The zero-order chi connectivity index (χ0) is 15.5. The minimum absolute atomic E-state index is 0.290. The Balaban J connectivity index is 1.66. The van der Waals surface area contributed by atoms with Gasteiger partial charge in [0.15, 0.2) is 0 Å². The van der Waals surface area contributed by atoms with Gasteiger partial charge in [0.25, 0.3) is 0 Å². The SMILES string of the molecule is Cc1cnc(CCOC(=O)c2cc3ccccc3n2C)cn1. The van der Waals surface area contributed by atoms with Crippen LogP contribution in [0.4, 0.5) is 0 Å². The number of hydrogen-bond donors (Lipinski definition) is 0. The average molecular weight is 295 g/mol. The quantitative estimate of drug-likeness (QED) is 0.694. The Morgan fingerprint density at radius 1 is 1.23 bits per heavy atom. The number of nitrogens with zero attached hydrogens (tertiary/aromatic N) is 3. The lowest BCUT2D eigenvalue weighted by molar-refractivity contribution is 0.0498. The maximum absolute atomic E-state index is 12.2. The standard InChI is InChI=1S/C17H17N3O2/c1-12-10-19-14(11-18-12)7-8-22-17(21)16-9-13-5-3-4-6-15(13)20(16)2/h3-6,9-11H,7-8H2,1-2H3. The van der Waals surface area contributed by atoms with Crippen molar-refractivity contribution in [3.63, 3.8) is 0 Å². The third-order valence-corrected chi connectivity index (χ3v) is 3.59. The summed E-state index contributed by atoms with van der Waals surface area (Å²) >= 11 is 0. The molecule has 2 aromatic heterocycles. The van der Waals surface area contributed by atoms with Crippen LogP contribution in [0, 0.1) is 6.92 Å². The van der Waals surface area contributed by atoms with Gasteiger partial charge in [0.05, 0.1) is 18.0 Å². The third-order valence-electron chi connectivity index (χ3n) is 3.59. The predicted molar refractivity (Wildman–Crippen MR) is 83.7 cm³/mol. The number of ether oxygens (including phenoxy) is 1. The van der Waals surface area contributed by atoms with E-state index in [2.05, 4.69) is 9.97 Å². The molecule has 0 aliphatic carbocycles. The summed E-state index contributed by atoms with van der Waals surface area (Å²) in [5.41, 5.74) is 3.25. The summed E-state index contributed by atoms with van der Waals surface area (Å²) in [5.74, 6) is -0.321. The second-order valence-electron chi connectivity index (χ2n) is 5.18. The number of esters is 1. The van der Waals surface area contributed by atoms with E-state index in [9.17, 15) is 4.79 Å². The van der Waals surface area contributed by atoms with Crippen LogP contribution in [0.1, 0.15) is 21.9 Å². The second kappa shape index (κ2) is 5.97. The minimum Gasteiger partial charge on any atom is -0.461 e. The van der Waals surface area contributed by atoms with Crippen molar-refractivity contribution in [1.82, 2.24) is 14.5 Å². The lowest BCUT2D eigenvalue weighted by atomic mass is 10.2.